The number of urea groups is 1. The summed E-state index contributed by atoms with van der Waals surface area (Å²) in [6, 6.07) is 6.83. The molecule has 0 bridgehead atoms. The van der Waals surface area contributed by atoms with Gasteiger partial charge in [-0.15, -0.1) is 0 Å². The van der Waals surface area contributed by atoms with Gasteiger partial charge in [0, 0.05) is 69.9 Å². The third-order valence-corrected chi connectivity index (χ3v) is 10.2. The van der Waals surface area contributed by atoms with Gasteiger partial charge in [0.15, 0.2) is 0 Å². The molecule has 0 aliphatic heterocycles. The number of nitrogens with one attached hydrogen (secondary N) is 7. The number of rotatable bonds is 35. The molecule has 0 unspecified atom stereocenters. The number of carboxylic acids is 6. The number of fused-ring (bicyclic) bond motifs is 1. The highest BCUT2D eigenvalue weighted by Crippen LogP contribution is 2.15. The molecule has 0 saturated carbocycles. The second kappa shape index (κ2) is 30.6. The summed E-state index contributed by atoms with van der Waals surface area (Å²) in [7, 11) is 0. The number of carboxylic acid groups (broad SMARTS) is 6. The largest absolute Gasteiger partial charge is 0.481 e. The van der Waals surface area contributed by atoms with E-state index in [4.69, 9.17) is 10.2 Å². The molecule has 2 aromatic heterocycles. The van der Waals surface area contributed by atoms with Crippen molar-refractivity contribution in [2.75, 3.05) is 65.6 Å². The van der Waals surface area contributed by atoms with Crippen LogP contribution >= 0.6 is 0 Å². The molecule has 0 fully saturated rings. The lowest BCUT2D eigenvalue weighted by atomic mass is 10.0. The first-order valence-electron chi connectivity index (χ1n) is 22.2. The SMILES string of the molecule is O=C(O)CC[C@H](NC(=O)N[C@@H](CCCCNC(=O)[C@@H](Cc1cnc2ccccc2c1)NC(=O)c1ccc(CNC(=O)CNCCN(CC(=O)O)CN(CCNCC(=O)O)CC(=O)O)cn1)C(=O)O)C(=O)O. The first-order valence-corrected chi connectivity index (χ1v) is 22.2. The number of amides is 5. The second-order valence-corrected chi connectivity index (χ2v) is 16.0. The van der Waals surface area contributed by atoms with Gasteiger partial charge < -0.3 is 67.9 Å². The van der Waals surface area contributed by atoms with Crippen LogP contribution in [0.2, 0.25) is 0 Å². The van der Waals surface area contributed by atoms with Crippen molar-refractivity contribution < 1.29 is 78.6 Å². The summed E-state index contributed by atoms with van der Waals surface area (Å²) in [5, 5.41) is 73.9. The summed E-state index contributed by atoms with van der Waals surface area (Å²) in [4.78, 5) is 131. The molecule has 2 heterocycles. The molecule has 386 valence electrons. The highest BCUT2D eigenvalue weighted by Gasteiger charge is 2.26. The van der Waals surface area contributed by atoms with Crippen LogP contribution in [0.25, 0.3) is 10.9 Å². The van der Waals surface area contributed by atoms with Crippen molar-refractivity contribution >= 4 is 70.5 Å². The van der Waals surface area contributed by atoms with E-state index >= 15 is 0 Å². The molecule has 71 heavy (non-hydrogen) atoms. The normalized spacial score (nSPS) is 12.3. The maximum atomic E-state index is 13.6. The van der Waals surface area contributed by atoms with Crippen LogP contribution in [0.3, 0.4) is 0 Å². The number of hydrogen-bond acceptors (Lipinski definition) is 16. The van der Waals surface area contributed by atoms with E-state index in [9.17, 15) is 68.4 Å². The minimum atomic E-state index is -1.57. The third-order valence-electron chi connectivity index (χ3n) is 10.2. The van der Waals surface area contributed by atoms with Gasteiger partial charge in [0.1, 0.15) is 23.8 Å². The molecule has 3 atom stereocenters. The topological polar surface area (TPSA) is 409 Å². The summed E-state index contributed by atoms with van der Waals surface area (Å²) in [6.45, 7) is -0.742. The van der Waals surface area contributed by atoms with E-state index in [1.165, 1.54) is 22.1 Å². The van der Waals surface area contributed by atoms with Crippen LogP contribution < -0.4 is 37.2 Å². The van der Waals surface area contributed by atoms with Gasteiger partial charge in [-0.05, 0) is 55.0 Å². The van der Waals surface area contributed by atoms with E-state index in [1.807, 2.05) is 30.3 Å². The van der Waals surface area contributed by atoms with Gasteiger partial charge in [-0.2, -0.15) is 0 Å². The minimum absolute atomic E-state index is 0.0200. The minimum Gasteiger partial charge on any atom is -0.481 e. The molecule has 3 aromatic rings. The number of pyridine rings is 2. The van der Waals surface area contributed by atoms with Crippen LogP contribution in [-0.2, 0) is 51.3 Å². The molecule has 0 aliphatic carbocycles. The smallest absolute Gasteiger partial charge is 0.326 e. The lowest BCUT2D eigenvalue weighted by Crippen LogP contribution is -2.51. The molecule has 3 rings (SSSR count). The molecular formula is C44H59N11O16. The van der Waals surface area contributed by atoms with E-state index < -0.39 is 104 Å². The zero-order valence-corrected chi connectivity index (χ0v) is 38.5. The number of hydrogen-bond donors (Lipinski definition) is 13. The number of unbranched alkanes of at least 4 members (excludes halogenated alkanes) is 1. The van der Waals surface area contributed by atoms with Crippen molar-refractivity contribution in [3.8, 4) is 0 Å². The van der Waals surface area contributed by atoms with Crippen LogP contribution in [-0.4, -0.2) is 194 Å². The fourth-order valence-corrected chi connectivity index (χ4v) is 6.72. The van der Waals surface area contributed by atoms with E-state index in [0.717, 1.165) is 5.39 Å². The number of benzene rings is 1. The molecule has 27 nitrogen and oxygen atoms in total. The summed E-state index contributed by atoms with van der Waals surface area (Å²) in [5.74, 6) is -9.28. The van der Waals surface area contributed by atoms with Crippen LogP contribution in [0.1, 0.15) is 53.7 Å². The van der Waals surface area contributed by atoms with E-state index in [-0.39, 0.29) is 90.4 Å². The van der Waals surface area contributed by atoms with Gasteiger partial charge in [-0.25, -0.2) is 14.4 Å². The van der Waals surface area contributed by atoms with Crippen LogP contribution in [0, 0.1) is 0 Å². The van der Waals surface area contributed by atoms with Crippen molar-refractivity contribution in [3.63, 3.8) is 0 Å². The van der Waals surface area contributed by atoms with Crippen molar-refractivity contribution in [3.05, 3.63) is 71.7 Å². The highest BCUT2D eigenvalue weighted by molar-refractivity contribution is 5.96. The number of aliphatic carboxylic acids is 6. The van der Waals surface area contributed by atoms with Crippen molar-refractivity contribution in [1.29, 1.82) is 0 Å². The molecular weight excluding hydrogens is 939 g/mol. The Morgan fingerprint density at radius 2 is 1.21 bits per heavy atom. The first kappa shape index (κ1) is 57.4. The molecule has 1 aromatic carbocycles. The van der Waals surface area contributed by atoms with E-state index in [2.05, 4.69) is 47.2 Å². The maximum Gasteiger partial charge on any atom is 0.326 e. The maximum absolute atomic E-state index is 13.6. The first-order chi connectivity index (χ1) is 33.8. The summed E-state index contributed by atoms with van der Waals surface area (Å²) in [5.41, 5.74) is 1.81. The summed E-state index contributed by atoms with van der Waals surface area (Å²) >= 11 is 0. The van der Waals surface area contributed by atoms with Gasteiger partial charge in [0.2, 0.25) is 11.8 Å². The molecule has 5 amide bonds. The van der Waals surface area contributed by atoms with Crippen molar-refractivity contribution in [2.24, 2.45) is 0 Å². The van der Waals surface area contributed by atoms with Crippen LogP contribution in [0.4, 0.5) is 4.79 Å². The van der Waals surface area contributed by atoms with Crippen LogP contribution in [0.15, 0.2) is 54.9 Å². The predicted octanol–water partition coefficient (Wildman–Crippen LogP) is -2.06. The highest BCUT2D eigenvalue weighted by atomic mass is 16.4. The number of para-hydroxylation sites is 1. The lowest BCUT2D eigenvalue weighted by molar-refractivity contribution is -0.142. The van der Waals surface area contributed by atoms with Gasteiger partial charge in [0.25, 0.3) is 5.91 Å². The quantitative estimate of drug-likeness (QED) is 0.0222. The number of nitrogens with zero attached hydrogens (tertiary/aromatic N) is 4. The third kappa shape index (κ3) is 23.3. The Balaban J connectivity index is 1.54. The van der Waals surface area contributed by atoms with Crippen molar-refractivity contribution in [2.45, 2.75) is 63.2 Å². The van der Waals surface area contributed by atoms with Gasteiger partial charge in [-0.3, -0.25) is 53.3 Å². The zero-order valence-electron chi connectivity index (χ0n) is 38.5. The van der Waals surface area contributed by atoms with Gasteiger partial charge in [0.05, 0.1) is 38.4 Å². The van der Waals surface area contributed by atoms with Gasteiger partial charge >= 0.3 is 41.8 Å². The second-order valence-electron chi connectivity index (χ2n) is 16.0. The van der Waals surface area contributed by atoms with Gasteiger partial charge in [-0.1, -0.05) is 24.3 Å². The van der Waals surface area contributed by atoms with Crippen LogP contribution in [0.5, 0.6) is 0 Å². The Morgan fingerprint density at radius 3 is 1.80 bits per heavy atom. The molecule has 0 spiro atoms. The summed E-state index contributed by atoms with van der Waals surface area (Å²) in [6.07, 6.45) is 2.30. The van der Waals surface area contributed by atoms with E-state index in [0.29, 0.717) is 16.6 Å². The molecule has 0 radical (unpaired) electrons. The molecule has 0 saturated heterocycles. The fraction of sp³-hybridized carbons (Fsp3) is 0.455. The Morgan fingerprint density at radius 1 is 0.592 bits per heavy atom. The average Bonchev–Trinajstić information content (AvgIpc) is 3.30. The molecule has 0 aliphatic rings. The molecule has 13 N–H and O–H groups in total. The van der Waals surface area contributed by atoms with Crippen molar-refractivity contribution in [1.82, 2.24) is 57.0 Å². The predicted molar refractivity (Wildman–Crippen MR) is 248 cm³/mol. The monoisotopic (exact) mass is 997 g/mol. The number of carbonyl (C=O) groups excluding carboxylic acids is 4. The average molecular weight is 998 g/mol. The zero-order chi connectivity index (χ0) is 52.3. The van der Waals surface area contributed by atoms with E-state index in [1.54, 1.807) is 12.3 Å². The Bertz CT molecular complexity index is 2320. The Labute approximate surface area is 405 Å². The summed E-state index contributed by atoms with van der Waals surface area (Å²) < 4.78 is 0. The Kier molecular flexibility index (Phi) is 24.7. The standard InChI is InChI=1S/C44H59N11O16/c56-35(22-45-13-15-54(24-38(61)62)26-55(25-39(63)64)16-14-46-23-37(59)60)50-20-27-8-9-31(49-19-27)41(66)51-34(18-28-17-29-5-1-2-6-30(29)48-21-28)40(65)47-12-4-3-7-32(42(67)68)52-44(71)53-33(43(69)70)10-11-36(57)58/h1-2,5-6,8-9,17,19,21,32-34,45-46H,3-4,7,10-16,18,20,22-26H2,(H,47,65)(H,50,56)(H,51,66)(H,57,58)(H,59,60)(H,61,62)(H,63,64)(H,67,68)(H,69,70)(H2,52,53,71)/t32-,33-,34+/m0/s1. The fourth-order valence-electron chi connectivity index (χ4n) is 6.72. The number of aromatic nitrogens is 2. The Hall–Kier alpha value is -7.88. The number of carbonyl (C=O) groups is 10. The molecule has 27 heteroatoms. The lowest BCUT2D eigenvalue weighted by Gasteiger charge is -2.28.